The zero-order valence-electron chi connectivity index (χ0n) is 21.5. The molecule has 186 valence electrons. The van der Waals surface area contributed by atoms with E-state index >= 15 is 0 Å². The van der Waals surface area contributed by atoms with Gasteiger partial charge in [0.1, 0.15) is 5.82 Å². The molecule has 0 atom stereocenters. The SMILES string of the molecule is N#Cc1ccc(-c2cccnc2-n2c3ccccc3c3ccccc32)c(-n2c3ccccc3c3ccccc32)c1. The van der Waals surface area contributed by atoms with Crippen LogP contribution in [0.15, 0.2) is 134 Å². The zero-order valence-corrected chi connectivity index (χ0v) is 21.5. The van der Waals surface area contributed by atoms with Crippen molar-refractivity contribution in [2.75, 3.05) is 0 Å². The quantitative estimate of drug-likeness (QED) is 0.238. The van der Waals surface area contributed by atoms with Gasteiger partial charge in [0, 0.05) is 38.9 Å². The van der Waals surface area contributed by atoms with Gasteiger partial charge in [0.05, 0.1) is 39.4 Å². The molecule has 0 aliphatic rings. The van der Waals surface area contributed by atoms with E-state index in [1.807, 2.05) is 24.4 Å². The molecule has 0 radical (unpaired) electrons. The Morgan fingerprint density at radius 2 is 1.00 bits per heavy atom. The van der Waals surface area contributed by atoms with E-state index in [2.05, 4.69) is 124 Å². The molecule has 0 saturated carbocycles. The molecule has 0 fully saturated rings. The average molecular weight is 511 g/mol. The van der Waals surface area contributed by atoms with E-state index in [9.17, 15) is 5.26 Å². The Bertz CT molecular complexity index is 2190. The minimum Gasteiger partial charge on any atom is -0.309 e. The summed E-state index contributed by atoms with van der Waals surface area (Å²) >= 11 is 0. The number of hydrogen-bond donors (Lipinski definition) is 0. The van der Waals surface area contributed by atoms with E-state index in [4.69, 9.17) is 4.98 Å². The largest absolute Gasteiger partial charge is 0.309 e. The third-order valence-electron chi connectivity index (χ3n) is 7.82. The van der Waals surface area contributed by atoms with Gasteiger partial charge in [0.2, 0.25) is 0 Å². The van der Waals surface area contributed by atoms with Gasteiger partial charge in [-0.1, -0.05) is 78.9 Å². The van der Waals surface area contributed by atoms with Crippen LogP contribution in [0, 0.1) is 11.3 Å². The molecule has 0 unspecified atom stereocenters. The Hall–Kier alpha value is -5.66. The topological polar surface area (TPSA) is 46.5 Å². The molecule has 40 heavy (non-hydrogen) atoms. The van der Waals surface area contributed by atoms with Gasteiger partial charge in [-0.2, -0.15) is 5.26 Å². The van der Waals surface area contributed by atoms with E-state index in [-0.39, 0.29) is 0 Å². The fourth-order valence-corrected chi connectivity index (χ4v) is 6.13. The fourth-order valence-electron chi connectivity index (χ4n) is 6.13. The van der Waals surface area contributed by atoms with Gasteiger partial charge in [-0.25, -0.2) is 4.98 Å². The molecule has 5 aromatic carbocycles. The van der Waals surface area contributed by atoms with Crippen molar-refractivity contribution in [2.45, 2.75) is 0 Å². The number of aromatic nitrogens is 3. The summed E-state index contributed by atoms with van der Waals surface area (Å²) in [6.45, 7) is 0. The summed E-state index contributed by atoms with van der Waals surface area (Å²) in [5, 5.41) is 14.7. The monoisotopic (exact) mass is 510 g/mol. The Balaban J connectivity index is 1.49. The maximum Gasteiger partial charge on any atom is 0.145 e. The molecule has 8 rings (SSSR count). The maximum absolute atomic E-state index is 9.91. The first-order chi connectivity index (χ1) is 19.8. The van der Waals surface area contributed by atoms with Gasteiger partial charge < -0.3 is 4.57 Å². The van der Waals surface area contributed by atoms with Crippen LogP contribution in [0.1, 0.15) is 5.56 Å². The first-order valence-electron chi connectivity index (χ1n) is 13.3. The summed E-state index contributed by atoms with van der Waals surface area (Å²) in [7, 11) is 0. The Morgan fingerprint density at radius 1 is 0.500 bits per heavy atom. The predicted octanol–water partition coefficient (Wildman–Crippen LogP) is 8.81. The first-order valence-corrected chi connectivity index (χ1v) is 13.3. The second-order valence-electron chi connectivity index (χ2n) is 9.96. The molecular formula is C36H22N4. The van der Waals surface area contributed by atoms with Crippen molar-refractivity contribution in [3.63, 3.8) is 0 Å². The Morgan fingerprint density at radius 3 is 1.52 bits per heavy atom. The molecule has 0 N–H and O–H groups in total. The van der Waals surface area contributed by atoms with Crippen molar-refractivity contribution >= 4 is 43.6 Å². The lowest BCUT2D eigenvalue weighted by atomic mass is 10.0. The van der Waals surface area contributed by atoms with Gasteiger partial charge in [-0.3, -0.25) is 4.57 Å². The van der Waals surface area contributed by atoms with Crippen LogP contribution in [0.3, 0.4) is 0 Å². The van der Waals surface area contributed by atoms with Gasteiger partial charge in [-0.05, 0) is 48.5 Å². The number of nitriles is 1. The minimum atomic E-state index is 0.614. The number of rotatable bonds is 3. The molecule has 3 heterocycles. The molecular weight excluding hydrogens is 488 g/mol. The van der Waals surface area contributed by atoms with Crippen LogP contribution in [-0.4, -0.2) is 14.1 Å². The van der Waals surface area contributed by atoms with Crippen LogP contribution >= 0.6 is 0 Å². The lowest BCUT2D eigenvalue weighted by molar-refractivity contribution is 1.08. The van der Waals surface area contributed by atoms with E-state index in [1.54, 1.807) is 0 Å². The van der Waals surface area contributed by atoms with Gasteiger partial charge >= 0.3 is 0 Å². The standard InChI is InChI=1S/C36H22N4/c37-23-24-19-20-29(35(22-24)39-31-15-5-1-10-25(31)26-11-2-6-16-32(26)39)30-14-9-21-38-36(30)40-33-17-7-3-12-27(33)28-13-4-8-18-34(28)40/h1-22H. The van der Waals surface area contributed by atoms with E-state index in [0.29, 0.717) is 5.56 Å². The highest BCUT2D eigenvalue weighted by molar-refractivity contribution is 6.11. The van der Waals surface area contributed by atoms with Crippen LogP contribution in [0.2, 0.25) is 0 Å². The summed E-state index contributed by atoms with van der Waals surface area (Å²) in [6.07, 6.45) is 1.85. The number of para-hydroxylation sites is 4. The smallest absolute Gasteiger partial charge is 0.145 e. The molecule has 0 bridgehead atoms. The molecule has 3 aromatic heterocycles. The van der Waals surface area contributed by atoms with Crippen LogP contribution in [-0.2, 0) is 0 Å². The van der Waals surface area contributed by atoms with Crippen molar-refractivity contribution in [3.8, 4) is 28.7 Å². The number of hydrogen-bond acceptors (Lipinski definition) is 2. The van der Waals surface area contributed by atoms with Gasteiger partial charge in [0.15, 0.2) is 0 Å². The number of nitrogens with zero attached hydrogens (tertiary/aromatic N) is 4. The fraction of sp³-hybridized carbons (Fsp3) is 0. The molecule has 8 aromatic rings. The van der Waals surface area contributed by atoms with Crippen molar-refractivity contribution in [2.24, 2.45) is 0 Å². The highest BCUT2D eigenvalue weighted by atomic mass is 15.1. The molecule has 0 aliphatic carbocycles. The molecule has 0 aliphatic heterocycles. The lowest BCUT2D eigenvalue weighted by Crippen LogP contribution is -2.03. The van der Waals surface area contributed by atoms with Crippen LogP contribution in [0.4, 0.5) is 0 Å². The third-order valence-corrected chi connectivity index (χ3v) is 7.82. The average Bonchev–Trinajstić information content (AvgIpc) is 3.54. The summed E-state index contributed by atoms with van der Waals surface area (Å²) in [5.41, 5.74) is 7.98. The highest BCUT2D eigenvalue weighted by Crippen LogP contribution is 2.40. The van der Waals surface area contributed by atoms with E-state index in [1.165, 1.54) is 21.5 Å². The van der Waals surface area contributed by atoms with Crippen molar-refractivity contribution in [1.82, 2.24) is 14.1 Å². The Labute approximate surface area is 230 Å². The Kier molecular flexibility index (Phi) is 4.85. The minimum absolute atomic E-state index is 0.614. The second-order valence-corrected chi connectivity index (χ2v) is 9.96. The summed E-state index contributed by atoms with van der Waals surface area (Å²) < 4.78 is 4.54. The summed E-state index contributed by atoms with van der Waals surface area (Å²) in [6, 6.07) is 46.3. The van der Waals surface area contributed by atoms with Crippen LogP contribution in [0.25, 0.3) is 66.2 Å². The van der Waals surface area contributed by atoms with Crippen molar-refractivity contribution in [1.29, 1.82) is 5.26 Å². The third kappa shape index (κ3) is 3.15. The summed E-state index contributed by atoms with van der Waals surface area (Å²) in [5.74, 6) is 0.853. The van der Waals surface area contributed by atoms with Gasteiger partial charge in [0.25, 0.3) is 0 Å². The van der Waals surface area contributed by atoms with Crippen molar-refractivity contribution < 1.29 is 0 Å². The molecule has 0 spiro atoms. The molecule has 0 amide bonds. The van der Waals surface area contributed by atoms with E-state index < -0.39 is 0 Å². The van der Waals surface area contributed by atoms with Gasteiger partial charge in [-0.15, -0.1) is 0 Å². The lowest BCUT2D eigenvalue weighted by Gasteiger charge is -2.18. The highest BCUT2D eigenvalue weighted by Gasteiger charge is 2.20. The normalized spacial score (nSPS) is 11.5. The molecule has 4 nitrogen and oxygen atoms in total. The predicted molar refractivity (Wildman–Crippen MR) is 163 cm³/mol. The van der Waals surface area contributed by atoms with E-state index in [0.717, 1.165) is 44.7 Å². The maximum atomic E-state index is 9.91. The zero-order chi connectivity index (χ0) is 26.6. The number of pyridine rings is 1. The van der Waals surface area contributed by atoms with Crippen molar-refractivity contribution in [3.05, 3.63) is 139 Å². The number of fused-ring (bicyclic) bond motifs is 6. The van der Waals surface area contributed by atoms with Crippen LogP contribution < -0.4 is 0 Å². The van der Waals surface area contributed by atoms with Crippen LogP contribution in [0.5, 0.6) is 0 Å². The molecule has 0 saturated heterocycles. The second kappa shape index (κ2) is 8.69. The first kappa shape index (κ1) is 22.3. The summed E-state index contributed by atoms with van der Waals surface area (Å²) in [4.78, 5) is 4.98. The number of benzene rings is 5. The molecule has 4 heteroatoms.